The number of hydroxylamine groups is 2. The molecule has 0 radical (unpaired) electrons. The lowest BCUT2D eigenvalue weighted by Gasteiger charge is -2.26. The first-order valence-electron chi connectivity index (χ1n) is 10.3. The molecule has 1 amide bonds. The largest absolute Gasteiger partial charge is 0.355 e. The predicted octanol–water partition coefficient (Wildman–Crippen LogP) is 2.96. The van der Waals surface area contributed by atoms with Gasteiger partial charge in [-0.1, -0.05) is 31.7 Å². The van der Waals surface area contributed by atoms with Crippen LogP contribution in [0.25, 0.3) is 11.0 Å². The van der Waals surface area contributed by atoms with E-state index in [0.29, 0.717) is 31.7 Å². The van der Waals surface area contributed by atoms with Crippen LogP contribution < -0.4 is 10.9 Å². The summed E-state index contributed by atoms with van der Waals surface area (Å²) < 4.78 is 0. The van der Waals surface area contributed by atoms with E-state index in [9.17, 15) is 9.59 Å². The molecule has 0 aliphatic carbocycles. The fraction of sp³-hybridized carbons (Fsp3) is 0.292. The molecule has 31 heavy (non-hydrogen) atoms. The minimum absolute atomic E-state index is 0.0696. The average molecular weight is 421 g/mol. The van der Waals surface area contributed by atoms with E-state index in [0.717, 1.165) is 33.3 Å². The zero-order valence-electron chi connectivity index (χ0n) is 18.2. The number of carbonyl (C=O) groups excluding carboxylic acids is 1. The molecule has 2 aromatic rings. The van der Waals surface area contributed by atoms with Crippen LogP contribution in [0.1, 0.15) is 25.0 Å². The number of aromatic amines is 1. The smallest absolute Gasteiger partial charge is 0.251 e. The van der Waals surface area contributed by atoms with Crippen LogP contribution in [0, 0.1) is 0 Å². The maximum absolute atomic E-state index is 12.1. The van der Waals surface area contributed by atoms with Gasteiger partial charge in [0, 0.05) is 30.9 Å². The van der Waals surface area contributed by atoms with Crippen LogP contribution in [0.2, 0.25) is 0 Å². The highest BCUT2D eigenvalue weighted by atomic mass is 16.7. The summed E-state index contributed by atoms with van der Waals surface area (Å²) in [6.45, 7) is 9.38. The number of carbonyl (C=O) groups is 1. The van der Waals surface area contributed by atoms with Crippen molar-refractivity contribution in [3.63, 3.8) is 0 Å². The van der Waals surface area contributed by atoms with E-state index in [2.05, 4.69) is 27.9 Å². The van der Waals surface area contributed by atoms with Crippen molar-refractivity contribution in [1.82, 2.24) is 20.3 Å². The van der Waals surface area contributed by atoms with Gasteiger partial charge in [0.1, 0.15) is 0 Å². The molecular weight excluding hydrogens is 392 g/mol. The molecule has 7 nitrogen and oxygen atoms in total. The third-order valence-corrected chi connectivity index (χ3v) is 5.19. The molecule has 3 rings (SSSR count). The second-order valence-corrected chi connectivity index (χ2v) is 7.26. The molecule has 2 aromatic heterocycles. The fourth-order valence-electron chi connectivity index (χ4n) is 3.28. The van der Waals surface area contributed by atoms with Crippen molar-refractivity contribution in [2.45, 2.75) is 26.8 Å². The Morgan fingerprint density at radius 3 is 2.84 bits per heavy atom. The number of amides is 1. The second kappa shape index (κ2) is 10.1. The van der Waals surface area contributed by atoms with Crippen LogP contribution in [-0.2, 0) is 22.6 Å². The summed E-state index contributed by atoms with van der Waals surface area (Å²) in [5.74, 6) is -0.136. The van der Waals surface area contributed by atoms with Gasteiger partial charge in [-0.3, -0.25) is 19.4 Å². The highest BCUT2D eigenvalue weighted by molar-refractivity contribution is 5.96. The van der Waals surface area contributed by atoms with Gasteiger partial charge in [0.05, 0.1) is 24.2 Å². The summed E-state index contributed by atoms with van der Waals surface area (Å²) in [5, 5.41) is 4.45. The van der Waals surface area contributed by atoms with Crippen LogP contribution >= 0.6 is 0 Å². The van der Waals surface area contributed by atoms with Crippen molar-refractivity contribution >= 4 is 16.9 Å². The van der Waals surface area contributed by atoms with E-state index in [-0.39, 0.29) is 11.5 Å². The molecule has 0 spiro atoms. The Kier molecular flexibility index (Phi) is 7.33. The van der Waals surface area contributed by atoms with E-state index in [1.54, 1.807) is 19.2 Å². The van der Waals surface area contributed by atoms with Crippen molar-refractivity contribution in [2.24, 2.45) is 0 Å². The summed E-state index contributed by atoms with van der Waals surface area (Å²) in [6, 6.07) is 3.78. The second-order valence-electron chi connectivity index (χ2n) is 7.26. The van der Waals surface area contributed by atoms with E-state index in [1.165, 1.54) is 0 Å². The number of nitrogens with one attached hydrogen (secondary N) is 2. The van der Waals surface area contributed by atoms with Gasteiger partial charge in [0.15, 0.2) is 0 Å². The van der Waals surface area contributed by atoms with Gasteiger partial charge in [-0.05, 0) is 48.3 Å². The van der Waals surface area contributed by atoms with Crippen molar-refractivity contribution in [3.05, 3.63) is 87.4 Å². The highest BCUT2D eigenvalue weighted by Crippen LogP contribution is 2.19. The Labute approximate surface area is 181 Å². The number of fused-ring (bicyclic) bond motifs is 1. The summed E-state index contributed by atoms with van der Waals surface area (Å²) in [5.41, 5.74) is 5.48. The molecule has 0 saturated heterocycles. The number of rotatable bonds is 7. The number of hydrogen-bond donors (Lipinski definition) is 2. The molecule has 162 valence electrons. The molecule has 7 heteroatoms. The molecule has 3 heterocycles. The molecular formula is C24H28N4O3. The maximum atomic E-state index is 12.1. The van der Waals surface area contributed by atoms with E-state index >= 15 is 0 Å². The molecule has 0 bridgehead atoms. The number of nitrogens with zero attached hydrogens (tertiary/aromatic N) is 2. The minimum atomic E-state index is -0.136. The fourth-order valence-corrected chi connectivity index (χ4v) is 3.28. The van der Waals surface area contributed by atoms with Crippen LogP contribution in [0.15, 0.2) is 70.7 Å². The van der Waals surface area contributed by atoms with Gasteiger partial charge in [-0.15, -0.1) is 0 Å². The molecule has 0 unspecified atom stereocenters. The third-order valence-electron chi connectivity index (χ3n) is 5.19. The lowest BCUT2D eigenvalue weighted by atomic mass is 10.1. The van der Waals surface area contributed by atoms with E-state index in [4.69, 9.17) is 4.84 Å². The topological polar surface area (TPSA) is 87.3 Å². The Bertz CT molecular complexity index is 1140. The standard InChI is InChI=1S/C24H28N4O3/c1-5-18(23(29)25-4)8-7-16(3)20-9-10-28(31-15-20)14-17-11-22-21(26-13-17)12-19(6-2)24(30)27-22/h5,7-9,11-13H,3,6,10,14-15H2,1-2,4H3,(H,25,29)(H,27,30)/b8-7-,18-5+. The lowest BCUT2D eigenvalue weighted by molar-refractivity contribution is -0.156. The predicted molar refractivity (Wildman–Crippen MR) is 122 cm³/mol. The van der Waals surface area contributed by atoms with Gasteiger partial charge in [0.2, 0.25) is 0 Å². The molecule has 0 fully saturated rings. The number of allylic oxidation sites excluding steroid dienone is 2. The molecule has 0 saturated carbocycles. The van der Waals surface area contributed by atoms with Gasteiger partial charge < -0.3 is 10.3 Å². The summed E-state index contributed by atoms with van der Waals surface area (Å²) in [4.78, 5) is 37.1. The quantitative estimate of drug-likeness (QED) is 0.531. The van der Waals surface area contributed by atoms with Crippen molar-refractivity contribution in [3.8, 4) is 0 Å². The number of aryl methyl sites for hydroxylation is 1. The molecule has 0 aromatic carbocycles. The Balaban J connectivity index is 1.64. The first kappa shape index (κ1) is 22.4. The summed E-state index contributed by atoms with van der Waals surface area (Å²) in [6.07, 6.45) is 9.87. The Hall–Kier alpha value is -3.29. The van der Waals surface area contributed by atoms with E-state index < -0.39 is 0 Å². The van der Waals surface area contributed by atoms with Crippen LogP contribution in [0.4, 0.5) is 0 Å². The summed E-state index contributed by atoms with van der Waals surface area (Å²) >= 11 is 0. The zero-order valence-corrected chi connectivity index (χ0v) is 18.2. The molecule has 1 aliphatic rings. The molecule has 1 aliphatic heterocycles. The summed E-state index contributed by atoms with van der Waals surface area (Å²) in [7, 11) is 1.60. The minimum Gasteiger partial charge on any atom is -0.355 e. The number of aromatic nitrogens is 2. The third kappa shape index (κ3) is 5.45. The van der Waals surface area contributed by atoms with Crippen LogP contribution in [0.3, 0.4) is 0 Å². The van der Waals surface area contributed by atoms with E-state index in [1.807, 2.05) is 43.3 Å². The monoisotopic (exact) mass is 420 g/mol. The van der Waals surface area contributed by atoms with Gasteiger partial charge in [-0.25, -0.2) is 0 Å². The first-order chi connectivity index (χ1) is 14.9. The van der Waals surface area contributed by atoms with Crippen molar-refractivity contribution in [1.29, 1.82) is 0 Å². The van der Waals surface area contributed by atoms with Crippen LogP contribution in [-0.4, -0.2) is 41.1 Å². The zero-order chi connectivity index (χ0) is 22.4. The number of H-pyrrole nitrogens is 1. The normalized spacial score (nSPS) is 15.3. The number of hydrogen-bond acceptors (Lipinski definition) is 5. The van der Waals surface area contributed by atoms with Gasteiger partial charge >= 0.3 is 0 Å². The van der Waals surface area contributed by atoms with Crippen molar-refractivity contribution < 1.29 is 9.63 Å². The SMILES string of the molecule is C=C(/C=C\C(=C/C)C(=O)NC)C1=CCN(Cc2cnc3cc(CC)c(=O)[nH]c3c2)OC1. The average Bonchev–Trinajstić information content (AvgIpc) is 2.79. The number of pyridine rings is 2. The molecule has 0 atom stereocenters. The Morgan fingerprint density at radius 2 is 2.19 bits per heavy atom. The van der Waals surface area contributed by atoms with Gasteiger partial charge in [-0.2, -0.15) is 5.06 Å². The molecule has 2 N–H and O–H groups in total. The van der Waals surface area contributed by atoms with Gasteiger partial charge in [0.25, 0.3) is 11.5 Å². The number of likely N-dealkylation sites (N-methyl/N-ethyl adjacent to an activating group) is 1. The highest BCUT2D eigenvalue weighted by Gasteiger charge is 2.15. The Morgan fingerprint density at radius 1 is 1.39 bits per heavy atom. The maximum Gasteiger partial charge on any atom is 0.251 e. The lowest BCUT2D eigenvalue weighted by Crippen LogP contribution is -2.29. The first-order valence-corrected chi connectivity index (χ1v) is 10.3. The van der Waals surface area contributed by atoms with Crippen molar-refractivity contribution in [2.75, 3.05) is 20.2 Å². The van der Waals surface area contributed by atoms with Crippen LogP contribution in [0.5, 0.6) is 0 Å².